The van der Waals surface area contributed by atoms with Gasteiger partial charge in [0.15, 0.2) is 5.43 Å². The van der Waals surface area contributed by atoms with E-state index >= 15 is 0 Å². The Bertz CT molecular complexity index is 804. The van der Waals surface area contributed by atoms with Crippen molar-refractivity contribution in [2.75, 3.05) is 13.1 Å². The topological polar surface area (TPSA) is 93.6 Å². The molecule has 2 heterocycles. The van der Waals surface area contributed by atoms with Gasteiger partial charge in [-0.15, -0.1) is 0 Å². The molecule has 1 aromatic carbocycles. The van der Waals surface area contributed by atoms with Crippen LogP contribution < -0.4 is 5.43 Å². The van der Waals surface area contributed by atoms with Crippen molar-refractivity contribution in [2.45, 2.75) is 19.1 Å². The summed E-state index contributed by atoms with van der Waals surface area (Å²) in [4.78, 5) is 28.4. The number of piperidine rings is 1. The van der Waals surface area contributed by atoms with E-state index in [1.807, 2.05) is 4.90 Å². The quantitative estimate of drug-likeness (QED) is 0.788. The summed E-state index contributed by atoms with van der Waals surface area (Å²) < 4.78 is 0. The lowest BCUT2D eigenvalue weighted by atomic mass is 9.95. The summed E-state index contributed by atoms with van der Waals surface area (Å²) in [5.41, 5.74) is 1.14. The van der Waals surface area contributed by atoms with Crippen LogP contribution in [0.4, 0.5) is 0 Å². The summed E-state index contributed by atoms with van der Waals surface area (Å²) >= 11 is 6.13. The van der Waals surface area contributed by atoms with Gasteiger partial charge in [0.1, 0.15) is 0 Å². The van der Waals surface area contributed by atoms with Gasteiger partial charge in [-0.25, -0.2) is 0 Å². The first kappa shape index (κ1) is 16.0. The molecule has 1 fully saturated rings. The number of aromatic nitrogens is 1. The minimum atomic E-state index is -1.00. The molecule has 1 saturated heterocycles. The first-order valence-electron chi connectivity index (χ1n) is 7.39. The van der Waals surface area contributed by atoms with Crippen LogP contribution >= 0.6 is 11.6 Å². The van der Waals surface area contributed by atoms with Crippen LogP contribution in [0.5, 0.6) is 0 Å². The van der Waals surface area contributed by atoms with E-state index in [0.717, 1.165) is 0 Å². The standard InChI is InChI=1S/C16H17ClN2O4/c17-12-3-1-2-10-14(21)6-9(18-15(10)12)7-19-5-4-13(20)11(8-19)16(22)23/h1-3,6,11,13,20H,4-5,7-8H2,(H,18,21)(H,22,23)/t11-,13-/m0/s1. The number of H-pyrrole nitrogens is 1. The first-order chi connectivity index (χ1) is 11.0. The van der Waals surface area contributed by atoms with E-state index in [9.17, 15) is 14.7 Å². The van der Waals surface area contributed by atoms with Gasteiger partial charge in [-0.3, -0.25) is 14.5 Å². The van der Waals surface area contributed by atoms with Crippen LogP contribution in [0.15, 0.2) is 29.1 Å². The zero-order chi connectivity index (χ0) is 16.6. The molecule has 1 aliphatic heterocycles. The van der Waals surface area contributed by atoms with E-state index in [-0.39, 0.29) is 12.0 Å². The molecule has 0 bridgehead atoms. The number of carboxylic acids is 1. The largest absolute Gasteiger partial charge is 0.481 e. The molecule has 6 nitrogen and oxygen atoms in total. The molecule has 2 aromatic rings. The monoisotopic (exact) mass is 336 g/mol. The van der Waals surface area contributed by atoms with Crippen molar-refractivity contribution >= 4 is 28.5 Å². The number of para-hydroxylation sites is 1. The molecular weight excluding hydrogens is 320 g/mol. The maximum atomic E-state index is 12.2. The van der Waals surface area contributed by atoms with Crippen LogP contribution in [0.25, 0.3) is 10.9 Å². The Morgan fingerprint density at radius 2 is 2.22 bits per heavy atom. The molecule has 122 valence electrons. The number of pyridine rings is 1. The molecule has 3 N–H and O–H groups in total. The number of likely N-dealkylation sites (tertiary alicyclic amines) is 1. The Hall–Kier alpha value is -1.89. The number of aliphatic hydroxyl groups excluding tert-OH is 1. The minimum absolute atomic E-state index is 0.122. The van der Waals surface area contributed by atoms with Crippen LogP contribution in [-0.4, -0.2) is 45.3 Å². The van der Waals surface area contributed by atoms with Crippen molar-refractivity contribution in [1.82, 2.24) is 9.88 Å². The van der Waals surface area contributed by atoms with Gasteiger partial charge in [-0.05, 0) is 18.6 Å². The molecule has 0 aliphatic carbocycles. The maximum Gasteiger partial charge on any atom is 0.310 e. The van der Waals surface area contributed by atoms with Crippen molar-refractivity contribution < 1.29 is 15.0 Å². The number of nitrogens with zero attached hydrogens (tertiary/aromatic N) is 1. The van der Waals surface area contributed by atoms with Gasteiger partial charge in [0.05, 0.1) is 22.6 Å². The van der Waals surface area contributed by atoms with Crippen molar-refractivity contribution in [2.24, 2.45) is 5.92 Å². The molecule has 0 spiro atoms. The molecule has 1 aliphatic rings. The first-order valence-corrected chi connectivity index (χ1v) is 7.77. The summed E-state index contributed by atoms with van der Waals surface area (Å²) in [7, 11) is 0. The second kappa shape index (κ2) is 6.31. The smallest absolute Gasteiger partial charge is 0.310 e. The highest BCUT2D eigenvalue weighted by molar-refractivity contribution is 6.35. The zero-order valence-electron chi connectivity index (χ0n) is 12.3. The van der Waals surface area contributed by atoms with Gasteiger partial charge in [-0.2, -0.15) is 0 Å². The van der Waals surface area contributed by atoms with Crippen molar-refractivity contribution in [3.8, 4) is 0 Å². The number of aliphatic hydroxyl groups is 1. The summed E-state index contributed by atoms with van der Waals surface area (Å²) in [6, 6.07) is 6.66. The normalized spacial score (nSPS) is 22.3. The SMILES string of the molecule is O=C(O)[C@H]1CN(Cc2cc(=O)c3cccc(Cl)c3[nH]2)CC[C@@H]1O. The Kier molecular flexibility index (Phi) is 4.39. The van der Waals surface area contributed by atoms with Crippen LogP contribution in [0.2, 0.25) is 5.02 Å². The summed E-state index contributed by atoms with van der Waals surface area (Å²) in [5, 5.41) is 19.9. The van der Waals surface area contributed by atoms with Crippen molar-refractivity contribution in [3.05, 3.63) is 45.2 Å². The van der Waals surface area contributed by atoms with Gasteiger partial charge in [0.2, 0.25) is 0 Å². The number of carbonyl (C=O) groups is 1. The molecule has 0 radical (unpaired) electrons. The number of aromatic amines is 1. The molecule has 3 rings (SSSR count). The minimum Gasteiger partial charge on any atom is -0.481 e. The lowest BCUT2D eigenvalue weighted by molar-refractivity contribution is -0.149. The number of halogens is 1. The van der Waals surface area contributed by atoms with Gasteiger partial charge >= 0.3 is 5.97 Å². The fraction of sp³-hybridized carbons (Fsp3) is 0.375. The Balaban J connectivity index is 1.86. The predicted octanol–water partition coefficient (Wildman–Crippen LogP) is 1.45. The van der Waals surface area contributed by atoms with Crippen LogP contribution in [0.3, 0.4) is 0 Å². The lowest BCUT2D eigenvalue weighted by Crippen LogP contribution is -2.46. The van der Waals surface area contributed by atoms with E-state index in [1.54, 1.807) is 18.2 Å². The Labute approximate surface area is 137 Å². The summed E-state index contributed by atoms with van der Waals surface area (Å²) in [6.07, 6.45) is -0.427. The van der Waals surface area contributed by atoms with Gasteiger partial charge < -0.3 is 15.2 Å². The van der Waals surface area contributed by atoms with Crippen LogP contribution in [0, 0.1) is 5.92 Å². The van der Waals surface area contributed by atoms with E-state index in [1.165, 1.54) is 6.07 Å². The number of hydrogen-bond acceptors (Lipinski definition) is 4. The van der Waals surface area contributed by atoms with Crippen LogP contribution in [-0.2, 0) is 11.3 Å². The Morgan fingerprint density at radius 3 is 2.96 bits per heavy atom. The number of hydrogen-bond donors (Lipinski definition) is 3. The number of rotatable bonds is 3. The van der Waals surface area contributed by atoms with Gasteiger partial charge in [-0.1, -0.05) is 17.7 Å². The maximum absolute atomic E-state index is 12.2. The van der Waals surface area contributed by atoms with Gasteiger partial charge in [0.25, 0.3) is 0 Å². The number of aliphatic carboxylic acids is 1. The van der Waals surface area contributed by atoms with Crippen molar-refractivity contribution in [3.63, 3.8) is 0 Å². The summed E-state index contributed by atoms with van der Waals surface area (Å²) in [6.45, 7) is 1.24. The fourth-order valence-electron chi connectivity index (χ4n) is 3.01. The molecule has 0 saturated carbocycles. The highest BCUT2D eigenvalue weighted by Crippen LogP contribution is 2.21. The lowest BCUT2D eigenvalue weighted by Gasteiger charge is -2.33. The molecule has 0 amide bonds. The molecular formula is C16H17ClN2O4. The fourth-order valence-corrected chi connectivity index (χ4v) is 3.23. The highest BCUT2D eigenvalue weighted by atomic mass is 35.5. The third kappa shape index (κ3) is 3.24. The number of benzene rings is 1. The number of nitrogens with one attached hydrogen (secondary N) is 1. The Morgan fingerprint density at radius 1 is 1.43 bits per heavy atom. The van der Waals surface area contributed by atoms with Gasteiger partial charge in [0, 0.05) is 36.8 Å². The second-order valence-electron chi connectivity index (χ2n) is 5.86. The predicted molar refractivity (Wildman–Crippen MR) is 86.6 cm³/mol. The average molecular weight is 337 g/mol. The summed E-state index contributed by atoms with van der Waals surface area (Å²) in [5.74, 6) is -1.81. The molecule has 2 atom stereocenters. The van der Waals surface area contributed by atoms with E-state index in [4.69, 9.17) is 16.7 Å². The zero-order valence-corrected chi connectivity index (χ0v) is 13.1. The highest BCUT2D eigenvalue weighted by Gasteiger charge is 2.33. The van der Waals surface area contributed by atoms with Crippen molar-refractivity contribution in [1.29, 1.82) is 0 Å². The van der Waals surface area contributed by atoms with E-state index in [0.29, 0.717) is 41.1 Å². The van der Waals surface area contributed by atoms with Crippen LogP contribution in [0.1, 0.15) is 12.1 Å². The molecule has 1 aromatic heterocycles. The van der Waals surface area contributed by atoms with E-state index in [2.05, 4.69) is 4.98 Å². The third-order valence-corrected chi connectivity index (χ3v) is 4.56. The number of fused-ring (bicyclic) bond motifs is 1. The van der Waals surface area contributed by atoms with E-state index < -0.39 is 18.0 Å². The molecule has 7 heteroatoms. The molecule has 0 unspecified atom stereocenters. The number of carboxylic acid groups (broad SMARTS) is 1. The molecule has 23 heavy (non-hydrogen) atoms. The third-order valence-electron chi connectivity index (χ3n) is 4.24. The second-order valence-corrected chi connectivity index (χ2v) is 6.26. The average Bonchev–Trinajstić information content (AvgIpc) is 2.50.